The smallest absolute Gasteiger partial charge is 0.0849 e. The van der Waals surface area contributed by atoms with E-state index in [1.165, 1.54) is 18.5 Å². The molecule has 1 aliphatic rings. The van der Waals surface area contributed by atoms with Crippen LogP contribution in [-0.2, 0) is 19.4 Å². The van der Waals surface area contributed by atoms with E-state index in [0.29, 0.717) is 0 Å². The van der Waals surface area contributed by atoms with Crippen LogP contribution in [0.3, 0.4) is 0 Å². The zero-order valence-electron chi connectivity index (χ0n) is 14.0. The minimum absolute atomic E-state index is 0.728. The molecular weight excluding hydrogens is 282 g/mol. The molecule has 2 atom stereocenters. The van der Waals surface area contributed by atoms with Gasteiger partial charge in [0.1, 0.15) is 0 Å². The van der Waals surface area contributed by atoms with Crippen molar-refractivity contribution in [3.63, 3.8) is 0 Å². The van der Waals surface area contributed by atoms with E-state index in [-0.39, 0.29) is 0 Å². The molecule has 21 heavy (non-hydrogen) atoms. The molecule has 0 radical (unpaired) electrons. The Labute approximate surface area is 134 Å². The molecule has 1 N–H and O–H groups in total. The Morgan fingerprint density at radius 3 is 2.52 bits per heavy atom. The maximum Gasteiger partial charge on any atom is 0.0849 e. The molecule has 1 aromatic heterocycles. The van der Waals surface area contributed by atoms with Gasteiger partial charge in [-0.25, -0.2) is 0 Å². The van der Waals surface area contributed by atoms with Crippen LogP contribution in [0.4, 0.5) is 0 Å². The molecule has 0 amide bonds. The first-order chi connectivity index (χ1) is 10.1. The SMILES string of the molecule is CCc1nn(CC)c(CC2CCC2CNCC(C)C)c1Cl. The van der Waals surface area contributed by atoms with E-state index in [2.05, 4.69) is 42.8 Å². The Morgan fingerprint density at radius 2 is 2.00 bits per heavy atom. The van der Waals surface area contributed by atoms with Gasteiger partial charge in [-0.3, -0.25) is 4.68 Å². The first-order valence-corrected chi connectivity index (χ1v) is 8.89. The first kappa shape index (κ1) is 16.8. The number of halogens is 1. The highest BCUT2D eigenvalue weighted by molar-refractivity contribution is 6.31. The fourth-order valence-corrected chi connectivity index (χ4v) is 3.54. The molecule has 0 bridgehead atoms. The van der Waals surface area contributed by atoms with Gasteiger partial charge < -0.3 is 5.32 Å². The molecule has 1 heterocycles. The van der Waals surface area contributed by atoms with Gasteiger partial charge in [-0.15, -0.1) is 0 Å². The summed E-state index contributed by atoms with van der Waals surface area (Å²) in [7, 11) is 0. The quantitative estimate of drug-likeness (QED) is 0.788. The van der Waals surface area contributed by atoms with Gasteiger partial charge in [0, 0.05) is 6.54 Å². The van der Waals surface area contributed by atoms with Crippen LogP contribution in [0.2, 0.25) is 5.02 Å². The lowest BCUT2D eigenvalue weighted by Gasteiger charge is -2.37. The van der Waals surface area contributed by atoms with Crippen LogP contribution in [0.5, 0.6) is 0 Å². The highest BCUT2D eigenvalue weighted by Gasteiger charge is 2.32. The van der Waals surface area contributed by atoms with Crippen LogP contribution in [0.25, 0.3) is 0 Å². The first-order valence-electron chi connectivity index (χ1n) is 8.51. The van der Waals surface area contributed by atoms with Crippen molar-refractivity contribution >= 4 is 11.6 Å². The summed E-state index contributed by atoms with van der Waals surface area (Å²) in [6, 6.07) is 0. The third-order valence-electron chi connectivity index (χ3n) is 4.68. The van der Waals surface area contributed by atoms with Crippen LogP contribution >= 0.6 is 11.6 Å². The minimum atomic E-state index is 0.728. The molecule has 0 aliphatic heterocycles. The Balaban J connectivity index is 1.94. The number of hydrogen-bond donors (Lipinski definition) is 1. The summed E-state index contributed by atoms with van der Waals surface area (Å²) in [6.45, 7) is 12.0. The van der Waals surface area contributed by atoms with Crippen molar-refractivity contribution in [1.29, 1.82) is 0 Å². The number of nitrogens with one attached hydrogen (secondary N) is 1. The van der Waals surface area contributed by atoms with Crippen molar-refractivity contribution in [3.8, 4) is 0 Å². The molecule has 1 aromatic rings. The molecule has 1 aliphatic carbocycles. The minimum Gasteiger partial charge on any atom is -0.316 e. The second-order valence-corrected chi connectivity index (χ2v) is 7.11. The zero-order valence-corrected chi connectivity index (χ0v) is 14.7. The lowest BCUT2D eigenvalue weighted by molar-refractivity contribution is 0.167. The molecule has 0 aromatic carbocycles. The predicted octanol–water partition coefficient (Wildman–Crippen LogP) is 3.93. The Hall–Kier alpha value is -0.540. The Bertz CT molecular complexity index is 453. The number of hydrogen-bond acceptors (Lipinski definition) is 2. The normalized spacial score (nSPS) is 21.8. The average molecular weight is 312 g/mol. The van der Waals surface area contributed by atoms with E-state index in [1.54, 1.807) is 0 Å². The van der Waals surface area contributed by atoms with Crippen molar-refractivity contribution in [2.75, 3.05) is 13.1 Å². The lowest BCUT2D eigenvalue weighted by atomic mass is 9.71. The van der Waals surface area contributed by atoms with E-state index >= 15 is 0 Å². The second kappa shape index (κ2) is 7.64. The second-order valence-electron chi connectivity index (χ2n) is 6.73. The number of aromatic nitrogens is 2. The summed E-state index contributed by atoms with van der Waals surface area (Å²) in [5.41, 5.74) is 2.32. The van der Waals surface area contributed by atoms with Gasteiger partial charge in [0.15, 0.2) is 0 Å². The molecule has 4 heteroatoms. The summed E-state index contributed by atoms with van der Waals surface area (Å²) < 4.78 is 2.11. The van der Waals surface area contributed by atoms with Crippen molar-refractivity contribution in [2.24, 2.45) is 17.8 Å². The molecule has 0 spiro atoms. The van der Waals surface area contributed by atoms with Crippen LogP contribution in [0.1, 0.15) is 51.9 Å². The summed E-state index contributed by atoms with van der Waals surface area (Å²) in [4.78, 5) is 0. The monoisotopic (exact) mass is 311 g/mol. The summed E-state index contributed by atoms with van der Waals surface area (Å²) in [5.74, 6) is 2.31. The molecule has 0 saturated heterocycles. The number of aryl methyl sites for hydroxylation is 2. The molecule has 2 rings (SSSR count). The van der Waals surface area contributed by atoms with Gasteiger partial charge >= 0.3 is 0 Å². The molecule has 120 valence electrons. The van der Waals surface area contributed by atoms with Gasteiger partial charge in [0.05, 0.1) is 16.4 Å². The molecule has 3 nitrogen and oxygen atoms in total. The Kier molecular flexibility index (Phi) is 6.12. The van der Waals surface area contributed by atoms with Crippen LogP contribution in [0, 0.1) is 17.8 Å². The van der Waals surface area contributed by atoms with E-state index in [0.717, 1.165) is 60.9 Å². The third kappa shape index (κ3) is 4.01. The topological polar surface area (TPSA) is 29.9 Å². The summed E-state index contributed by atoms with van der Waals surface area (Å²) in [6.07, 6.45) is 4.70. The van der Waals surface area contributed by atoms with Crippen molar-refractivity contribution in [3.05, 3.63) is 16.4 Å². The van der Waals surface area contributed by atoms with E-state index in [9.17, 15) is 0 Å². The molecule has 2 unspecified atom stereocenters. The summed E-state index contributed by atoms with van der Waals surface area (Å²) >= 11 is 6.53. The third-order valence-corrected chi connectivity index (χ3v) is 5.12. The zero-order chi connectivity index (χ0) is 15.4. The highest BCUT2D eigenvalue weighted by Crippen LogP contribution is 2.38. The van der Waals surface area contributed by atoms with Crippen LogP contribution in [-0.4, -0.2) is 22.9 Å². The number of nitrogens with zero attached hydrogens (tertiary/aromatic N) is 2. The van der Waals surface area contributed by atoms with E-state index in [1.807, 2.05) is 0 Å². The van der Waals surface area contributed by atoms with Gasteiger partial charge in [-0.1, -0.05) is 32.4 Å². The highest BCUT2D eigenvalue weighted by atomic mass is 35.5. The lowest BCUT2D eigenvalue weighted by Crippen LogP contribution is -2.37. The van der Waals surface area contributed by atoms with Gasteiger partial charge in [-0.2, -0.15) is 5.10 Å². The standard InChI is InChI=1S/C17H30ClN3/c1-5-15-17(18)16(21(6-2)20-15)9-13-7-8-14(13)11-19-10-12(3)4/h12-14,19H,5-11H2,1-4H3. The largest absolute Gasteiger partial charge is 0.316 e. The molecule has 1 saturated carbocycles. The van der Waals surface area contributed by atoms with Gasteiger partial charge in [-0.05, 0) is 63.5 Å². The Morgan fingerprint density at radius 1 is 1.29 bits per heavy atom. The van der Waals surface area contributed by atoms with Gasteiger partial charge in [0.2, 0.25) is 0 Å². The van der Waals surface area contributed by atoms with Crippen molar-refractivity contribution in [2.45, 2.75) is 59.9 Å². The van der Waals surface area contributed by atoms with Gasteiger partial charge in [0.25, 0.3) is 0 Å². The number of rotatable bonds is 8. The van der Waals surface area contributed by atoms with Crippen molar-refractivity contribution < 1.29 is 0 Å². The van der Waals surface area contributed by atoms with Crippen molar-refractivity contribution in [1.82, 2.24) is 15.1 Å². The van der Waals surface area contributed by atoms with Crippen LogP contribution in [0.15, 0.2) is 0 Å². The fourth-order valence-electron chi connectivity index (χ4n) is 3.19. The van der Waals surface area contributed by atoms with Crippen LogP contribution < -0.4 is 5.32 Å². The average Bonchev–Trinajstić information content (AvgIpc) is 2.75. The predicted molar refractivity (Wildman–Crippen MR) is 89.9 cm³/mol. The van der Waals surface area contributed by atoms with E-state index < -0.39 is 0 Å². The molecule has 1 fully saturated rings. The molecular formula is C17H30ClN3. The van der Waals surface area contributed by atoms with E-state index in [4.69, 9.17) is 11.6 Å². The maximum atomic E-state index is 6.53. The fraction of sp³-hybridized carbons (Fsp3) is 0.824. The maximum absolute atomic E-state index is 6.53. The summed E-state index contributed by atoms with van der Waals surface area (Å²) in [5, 5.41) is 9.16.